The molecular weight excluding hydrogens is 337 g/mol. The fourth-order valence-corrected chi connectivity index (χ4v) is 3.05. The van der Waals surface area contributed by atoms with Crippen LogP contribution in [0.2, 0.25) is 0 Å². The molecule has 1 aromatic heterocycles. The molecule has 0 bridgehead atoms. The van der Waals surface area contributed by atoms with Gasteiger partial charge in [-0.3, -0.25) is 4.79 Å². The van der Waals surface area contributed by atoms with Crippen LogP contribution in [-0.2, 0) is 0 Å². The molecule has 0 spiro atoms. The number of Topliss-reactive ketones (excluding diaryl/α,β-unsaturated/α-hetero) is 1. The third-order valence-corrected chi connectivity index (χ3v) is 4.54. The highest BCUT2D eigenvalue weighted by molar-refractivity contribution is 6.04. The highest BCUT2D eigenvalue weighted by Gasteiger charge is 2.24. The maximum absolute atomic E-state index is 13.0. The van der Waals surface area contributed by atoms with E-state index in [0.717, 1.165) is 5.56 Å². The number of ether oxygens (including phenoxy) is 1. The first-order valence-electron chi connectivity index (χ1n) is 8.38. The number of oxazole rings is 1. The zero-order chi connectivity index (χ0) is 18.8. The van der Waals surface area contributed by atoms with E-state index in [9.17, 15) is 14.3 Å². The number of hydrogen-bond acceptors (Lipinski definition) is 5. The van der Waals surface area contributed by atoms with Crippen molar-refractivity contribution < 1.29 is 23.4 Å². The molecule has 0 aliphatic carbocycles. The molecule has 0 fully saturated rings. The van der Waals surface area contributed by atoms with E-state index in [1.165, 1.54) is 25.5 Å². The van der Waals surface area contributed by atoms with Crippen molar-refractivity contribution in [3.63, 3.8) is 0 Å². The molecule has 2 aromatic carbocycles. The highest BCUT2D eigenvalue weighted by Crippen LogP contribution is 2.41. The molecule has 136 valence electrons. The van der Waals surface area contributed by atoms with Crippen LogP contribution in [0.15, 0.2) is 35.1 Å². The average Bonchev–Trinajstić information content (AvgIpc) is 3.08. The Labute approximate surface area is 150 Å². The molecule has 5 nitrogen and oxygen atoms in total. The van der Waals surface area contributed by atoms with Crippen LogP contribution in [0.1, 0.15) is 47.7 Å². The molecule has 0 aliphatic rings. The van der Waals surface area contributed by atoms with E-state index < -0.39 is 0 Å². The molecule has 1 atom stereocenters. The highest BCUT2D eigenvalue weighted by atomic mass is 19.1. The van der Waals surface area contributed by atoms with E-state index in [0.29, 0.717) is 29.7 Å². The lowest BCUT2D eigenvalue weighted by Gasteiger charge is -2.15. The van der Waals surface area contributed by atoms with Crippen molar-refractivity contribution in [1.82, 2.24) is 4.98 Å². The number of phenolic OH excluding ortho intramolecular Hbond substituents is 1. The Hall–Kier alpha value is -2.89. The molecule has 0 saturated heterocycles. The molecule has 1 heterocycles. The van der Waals surface area contributed by atoms with Crippen molar-refractivity contribution >= 4 is 16.9 Å². The number of carbonyl (C=O) groups is 1. The summed E-state index contributed by atoms with van der Waals surface area (Å²) in [5, 5.41) is 10.5. The maximum Gasteiger partial charge on any atom is 0.207 e. The van der Waals surface area contributed by atoms with Crippen LogP contribution in [0.25, 0.3) is 11.1 Å². The van der Waals surface area contributed by atoms with Gasteiger partial charge < -0.3 is 14.3 Å². The van der Waals surface area contributed by atoms with Crippen LogP contribution in [0.4, 0.5) is 4.39 Å². The minimum atomic E-state index is -0.272. The normalized spacial score (nSPS) is 12.3. The number of nitrogens with zero attached hydrogens (tertiary/aromatic N) is 1. The lowest BCUT2D eigenvalue weighted by Crippen LogP contribution is -2.06. The van der Waals surface area contributed by atoms with E-state index in [1.54, 1.807) is 19.1 Å². The van der Waals surface area contributed by atoms with Gasteiger partial charge in [-0.2, -0.15) is 0 Å². The third kappa shape index (κ3) is 3.27. The number of hydrogen-bond donors (Lipinski definition) is 1. The summed E-state index contributed by atoms with van der Waals surface area (Å²) in [5.41, 5.74) is 2.56. The van der Waals surface area contributed by atoms with Crippen LogP contribution >= 0.6 is 0 Å². The molecular formula is C20H20FNO4. The standard InChI is InChI=1S/C20H20FNO4/c1-11(14-4-6-15(21)7-5-14)8-9-25-20-18(24)16(13(3)23)12(2)17-19(20)26-10-22-17/h4-7,10-11,24H,8-9H2,1-3H3. The van der Waals surface area contributed by atoms with Crippen molar-refractivity contribution in [1.29, 1.82) is 0 Å². The summed E-state index contributed by atoms with van der Waals surface area (Å²) in [4.78, 5) is 16.0. The number of ketones is 1. The van der Waals surface area contributed by atoms with Gasteiger partial charge in [0.25, 0.3) is 0 Å². The second-order valence-corrected chi connectivity index (χ2v) is 6.35. The van der Waals surface area contributed by atoms with E-state index in [2.05, 4.69) is 4.98 Å². The predicted octanol–water partition coefficient (Wildman–Crippen LogP) is 4.76. The van der Waals surface area contributed by atoms with E-state index in [4.69, 9.17) is 9.15 Å². The van der Waals surface area contributed by atoms with Gasteiger partial charge in [0.2, 0.25) is 11.3 Å². The molecule has 3 rings (SSSR count). The van der Waals surface area contributed by atoms with Gasteiger partial charge in [-0.05, 0) is 49.4 Å². The summed E-state index contributed by atoms with van der Waals surface area (Å²) < 4.78 is 24.1. The fourth-order valence-electron chi connectivity index (χ4n) is 3.05. The van der Waals surface area contributed by atoms with Crippen LogP contribution in [0.3, 0.4) is 0 Å². The summed E-state index contributed by atoms with van der Waals surface area (Å²) >= 11 is 0. The lowest BCUT2D eigenvalue weighted by molar-refractivity contribution is 0.101. The number of aromatic nitrogens is 1. The maximum atomic E-state index is 13.0. The molecule has 0 aliphatic heterocycles. The number of fused-ring (bicyclic) bond motifs is 1. The summed E-state index contributed by atoms with van der Waals surface area (Å²) in [6.07, 6.45) is 1.90. The number of aryl methyl sites for hydroxylation is 1. The van der Waals surface area contributed by atoms with Gasteiger partial charge in [-0.1, -0.05) is 19.1 Å². The van der Waals surface area contributed by atoms with Gasteiger partial charge in [0.1, 0.15) is 11.3 Å². The lowest BCUT2D eigenvalue weighted by atomic mass is 9.98. The van der Waals surface area contributed by atoms with Crippen LogP contribution in [0, 0.1) is 12.7 Å². The van der Waals surface area contributed by atoms with Crippen molar-refractivity contribution in [3.8, 4) is 11.5 Å². The van der Waals surface area contributed by atoms with Crippen molar-refractivity contribution in [2.45, 2.75) is 33.1 Å². The summed E-state index contributed by atoms with van der Waals surface area (Å²) in [6, 6.07) is 6.34. The van der Waals surface area contributed by atoms with Crippen LogP contribution in [0.5, 0.6) is 11.5 Å². The summed E-state index contributed by atoms with van der Waals surface area (Å²) in [7, 11) is 0. The Bertz CT molecular complexity index is 947. The first kappa shape index (κ1) is 17.9. The fraction of sp³-hybridized carbons (Fsp3) is 0.300. The Morgan fingerprint density at radius 3 is 2.69 bits per heavy atom. The van der Waals surface area contributed by atoms with E-state index in [-0.39, 0.29) is 34.6 Å². The number of benzene rings is 2. The minimum Gasteiger partial charge on any atom is -0.504 e. The minimum absolute atomic E-state index is 0.125. The monoisotopic (exact) mass is 357 g/mol. The molecule has 26 heavy (non-hydrogen) atoms. The molecule has 1 N–H and O–H groups in total. The van der Waals surface area contributed by atoms with Gasteiger partial charge in [0, 0.05) is 0 Å². The molecule has 0 saturated carbocycles. The SMILES string of the molecule is CC(=O)c1c(O)c(OCCC(C)c2ccc(F)cc2)c2ocnc2c1C. The molecule has 0 amide bonds. The Balaban J connectivity index is 1.81. The van der Waals surface area contributed by atoms with Crippen molar-refractivity contribution in [2.75, 3.05) is 6.61 Å². The van der Waals surface area contributed by atoms with E-state index in [1.807, 2.05) is 6.92 Å². The molecule has 3 aromatic rings. The average molecular weight is 357 g/mol. The summed E-state index contributed by atoms with van der Waals surface area (Å²) in [5.74, 6) is -0.505. The van der Waals surface area contributed by atoms with Gasteiger partial charge in [0.15, 0.2) is 17.9 Å². The molecule has 0 radical (unpaired) electrons. The first-order chi connectivity index (χ1) is 12.4. The van der Waals surface area contributed by atoms with Crippen LogP contribution in [-0.4, -0.2) is 22.5 Å². The quantitative estimate of drug-likeness (QED) is 0.644. The van der Waals surface area contributed by atoms with Crippen molar-refractivity contribution in [3.05, 3.63) is 53.2 Å². The zero-order valence-corrected chi connectivity index (χ0v) is 14.9. The Morgan fingerprint density at radius 2 is 2.04 bits per heavy atom. The van der Waals surface area contributed by atoms with Crippen LogP contribution < -0.4 is 4.74 Å². The second-order valence-electron chi connectivity index (χ2n) is 6.35. The third-order valence-electron chi connectivity index (χ3n) is 4.54. The summed E-state index contributed by atoms with van der Waals surface area (Å²) in [6.45, 7) is 5.40. The van der Waals surface area contributed by atoms with Gasteiger partial charge >= 0.3 is 0 Å². The van der Waals surface area contributed by atoms with Gasteiger partial charge in [-0.15, -0.1) is 0 Å². The number of phenols is 1. The zero-order valence-electron chi connectivity index (χ0n) is 14.9. The topological polar surface area (TPSA) is 72.6 Å². The first-order valence-corrected chi connectivity index (χ1v) is 8.38. The Kier molecular flexibility index (Phi) is 4.93. The predicted molar refractivity (Wildman–Crippen MR) is 95.3 cm³/mol. The largest absolute Gasteiger partial charge is 0.504 e. The van der Waals surface area contributed by atoms with Crippen molar-refractivity contribution in [2.24, 2.45) is 0 Å². The van der Waals surface area contributed by atoms with Gasteiger partial charge in [0.05, 0.1) is 12.2 Å². The second kappa shape index (κ2) is 7.15. The van der Waals surface area contributed by atoms with E-state index >= 15 is 0 Å². The number of rotatable bonds is 6. The number of aromatic hydroxyl groups is 1. The molecule has 6 heteroatoms. The number of carbonyl (C=O) groups excluding carboxylic acids is 1. The number of halogens is 1. The Morgan fingerprint density at radius 1 is 1.35 bits per heavy atom. The molecule has 1 unspecified atom stereocenters. The van der Waals surface area contributed by atoms with Gasteiger partial charge in [-0.25, -0.2) is 9.37 Å². The smallest absolute Gasteiger partial charge is 0.207 e.